The highest BCUT2D eigenvalue weighted by Gasteiger charge is 2.04. The number of rotatable bonds is 3. The predicted octanol–water partition coefficient (Wildman–Crippen LogP) is 3.56. The van der Waals surface area contributed by atoms with Crippen molar-refractivity contribution in [2.45, 2.75) is 6.54 Å². The number of furan rings is 1. The lowest BCUT2D eigenvalue weighted by molar-refractivity contribution is 0.609. The number of hydrogen-bond acceptors (Lipinski definition) is 3. The Bertz CT molecular complexity index is 441. The summed E-state index contributed by atoms with van der Waals surface area (Å²) < 4.78 is 9.70. The van der Waals surface area contributed by atoms with Crippen molar-refractivity contribution in [2.24, 2.45) is 0 Å². The van der Waals surface area contributed by atoms with Crippen LogP contribution in [0.25, 0.3) is 11.0 Å². The normalized spacial score (nSPS) is 11.0. The quantitative estimate of drug-likeness (QED) is 0.865. The Hall–Kier alpha value is -0.450. The van der Waals surface area contributed by atoms with E-state index in [2.05, 4.69) is 26.7 Å². The van der Waals surface area contributed by atoms with Gasteiger partial charge in [0.2, 0.25) is 0 Å². The SMILES string of the molecule is CSNCc1coc2cc(Br)ccc12. The first-order chi connectivity index (χ1) is 6.81. The molecule has 74 valence electrons. The minimum absolute atomic E-state index is 0.829. The third kappa shape index (κ3) is 1.97. The molecule has 1 heterocycles. The van der Waals surface area contributed by atoms with E-state index in [1.54, 1.807) is 18.2 Å². The molecular formula is C10H10BrNOS. The lowest BCUT2D eigenvalue weighted by Gasteiger charge is -1.97. The monoisotopic (exact) mass is 271 g/mol. The Morgan fingerprint density at radius 2 is 2.36 bits per heavy atom. The third-order valence-electron chi connectivity index (χ3n) is 2.02. The average molecular weight is 272 g/mol. The zero-order chi connectivity index (χ0) is 9.97. The van der Waals surface area contributed by atoms with Crippen LogP contribution < -0.4 is 4.72 Å². The van der Waals surface area contributed by atoms with Crippen molar-refractivity contribution < 1.29 is 4.42 Å². The number of hydrogen-bond donors (Lipinski definition) is 1. The van der Waals surface area contributed by atoms with E-state index in [1.807, 2.05) is 18.4 Å². The minimum atomic E-state index is 0.829. The molecule has 1 aromatic carbocycles. The topological polar surface area (TPSA) is 25.2 Å². The third-order valence-corrected chi connectivity index (χ3v) is 2.95. The van der Waals surface area contributed by atoms with Crippen LogP contribution in [0.5, 0.6) is 0 Å². The van der Waals surface area contributed by atoms with Crippen LogP contribution >= 0.6 is 27.9 Å². The first-order valence-corrected chi connectivity index (χ1v) is 6.24. The number of nitrogens with one attached hydrogen (secondary N) is 1. The zero-order valence-electron chi connectivity index (χ0n) is 7.71. The summed E-state index contributed by atoms with van der Waals surface area (Å²) in [6.07, 6.45) is 3.82. The van der Waals surface area contributed by atoms with E-state index in [4.69, 9.17) is 4.42 Å². The van der Waals surface area contributed by atoms with Gasteiger partial charge < -0.3 is 4.42 Å². The summed E-state index contributed by atoms with van der Waals surface area (Å²) >= 11 is 5.03. The van der Waals surface area contributed by atoms with E-state index >= 15 is 0 Å². The maximum absolute atomic E-state index is 5.45. The van der Waals surface area contributed by atoms with Crippen LogP contribution in [-0.2, 0) is 6.54 Å². The molecule has 2 nitrogen and oxygen atoms in total. The summed E-state index contributed by atoms with van der Waals surface area (Å²) in [5.74, 6) is 0. The molecule has 2 rings (SSSR count). The summed E-state index contributed by atoms with van der Waals surface area (Å²) in [6, 6.07) is 6.08. The Morgan fingerprint density at radius 3 is 3.14 bits per heavy atom. The Morgan fingerprint density at radius 1 is 1.50 bits per heavy atom. The minimum Gasteiger partial charge on any atom is -0.464 e. The molecule has 14 heavy (non-hydrogen) atoms. The summed E-state index contributed by atoms with van der Waals surface area (Å²) in [5, 5.41) is 1.18. The molecule has 0 radical (unpaired) electrons. The van der Waals surface area contributed by atoms with Gasteiger partial charge in [0.25, 0.3) is 0 Å². The number of benzene rings is 1. The molecule has 1 N–H and O–H groups in total. The van der Waals surface area contributed by atoms with E-state index < -0.39 is 0 Å². The molecule has 0 unspecified atom stereocenters. The highest BCUT2D eigenvalue weighted by molar-refractivity contribution is 9.10. The van der Waals surface area contributed by atoms with Gasteiger partial charge in [0.15, 0.2) is 0 Å². The molecule has 0 spiro atoms. The van der Waals surface area contributed by atoms with E-state index in [1.165, 1.54) is 10.9 Å². The van der Waals surface area contributed by atoms with Crippen LogP contribution in [0.1, 0.15) is 5.56 Å². The molecule has 0 saturated carbocycles. The fraction of sp³-hybridized carbons (Fsp3) is 0.200. The van der Waals surface area contributed by atoms with Crippen LogP contribution in [0.15, 0.2) is 33.4 Å². The van der Waals surface area contributed by atoms with E-state index in [-0.39, 0.29) is 0 Å². The predicted molar refractivity (Wildman–Crippen MR) is 64.3 cm³/mol. The van der Waals surface area contributed by atoms with Gasteiger partial charge in [0, 0.05) is 22.0 Å². The van der Waals surface area contributed by atoms with Gasteiger partial charge in [0.1, 0.15) is 5.58 Å². The van der Waals surface area contributed by atoms with Crippen molar-refractivity contribution in [1.29, 1.82) is 0 Å². The Labute approximate surface area is 95.3 Å². The molecule has 0 aliphatic rings. The van der Waals surface area contributed by atoms with Crippen molar-refractivity contribution in [3.8, 4) is 0 Å². The molecule has 2 aromatic rings. The Balaban J connectivity index is 2.37. The summed E-state index contributed by atoms with van der Waals surface area (Å²) in [4.78, 5) is 0. The summed E-state index contributed by atoms with van der Waals surface area (Å²) in [6.45, 7) is 0.829. The summed E-state index contributed by atoms with van der Waals surface area (Å²) in [5.41, 5.74) is 2.12. The van der Waals surface area contributed by atoms with E-state index in [9.17, 15) is 0 Å². The number of halogens is 1. The largest absolute Gasteiger partial charge is 0.464 e. The molecule has 0 fully saturated rings. The second kappa shape index (κ2) is 4.38. The van der Waals surface area contributed by atoms with Gasteiger partial charge in [-0.2, -0.15) is 0 Å². The molecule has 1 aromatic heterocycles. The van der Waals surface area contributed by atoms with Gasteiger partial charge in [-0.1, -0.05) is 27.9 Å². The van der Waals surface area contributed by atoms with Gasteiger partial charge in [-0.25, -0.2) is 0 Å². The molecule has 0 aliphatic carbocycles. The smallest absolute Gasteiger partial charge is 0.135 e. The second-order valence-electron chi connectivity index (χ2n) is 2.93. The van der Waals surface area contributed by atoms with Crippen molar-refractivity contribution in [1.82, 2.24) is 4.72 Å². The van der Waals surface area contributed by atoms with Gasteiger partial charge in [-0.3, -0.25) is 4.72 Å². The maximum Gasteiger partial charge on any atom is 0.135 e. The van der Waals surface area contributed by atoms with Crippen LogP contribution in [-0.4, -0.2) is 6.26 Å². The van der Waals surface area contributed by atoms with Crippen LogP contribution in [0.3, 0.4) is 0 Å². The van der Waals surface area contributed by atoms with E-state index in [0.717, 1.165) is 16.6 Å². The Kier molecular flexibility index (Phi) is 3.15. The molecular weight excluding hydrogens is 262 g/mol. The maximum atomic E-state index is 5.45. The van der Waals surface area contributed by atoms with Gasteiger partial charge in [-0.15, -0.1) is 0 Å². The molecule has 0 bridgehead atoms. The first-order valence-electron chi connectivity index (χ1n) is 4.22. The fourth-order valence-corrected chi connectivity index (χ4v) is 1.98. The molecule has 0 aliphatic heterocycles. The van der Waals surface area contributed by atoms with Gasteiger partial charge in [-0.05, 0) is 24.5 Å². The van der Waals surface area contributed by atoms with Gasteiger partial charge >= 0.3 is 0 Å². The molecule has 0 atom stereocenters. The average Bonchev–Trinajstić information content (AvgIpc) is 2.57. The lowest BCUT2D eigenvalue weighted by atomic mass is 10.2. The highest BCUT2D eigenvalue weighted by atomic mass is 79.9. The molecule has 4 heteroatoms. The molecule has 0 amide bonds. The van der Waals surface area contributed by atoms with Crippen molar-refractivity contribution in [2.75, 3.05) is 6.26 Å². The standard InChI is InChI=1S/C10H10BrNOS/c1-14-12-5-7-6-13-10-4-8(11)2-3-9(7)10/h2-4,6,12H,5H2,1H3. The lowest BCUT2D eigenvalue weighted by Crippen LogP contribution is -2.00. The fourth-order valence-electron chi connectivity index (χ4n) is 1.34. The summed E-state index contributed by atoms with van der Waals surface area (Å²) in [7, 11) is 0. The van der Waals surface area contributed by atoms with Crippen LogP contribution in [0, 0.1) is 0 Å². The zero-order valence-corrected chi connectivity index (χ0v) is 10.1. The van der Waals surface area contributed by atoms with Crippen LogP contribution in [0.2, 0.25) is 0 Å². The number of fused-ring (bicyclic) bond motifs is 1. The van der Waals surface area contributed by atoms with Crippen molar-refractivity contribution >= 4 is 38.8 Å². The molecule has 0 saturated heterocycles. The van der Waals surface area contributed by atoms with Crippen molar-refractivity contribution in [3.63, 3.8) is 0 Å². The van der Waals surface area contributed by atoms with E-state index in [0.29, 0.717) is 0 Å². The van der Waals surface area contributed by atoms with Crippen LogP contribution in [0.4, 0.5) is 0 Å². The highest BCUT2D eigenvalue weighted by Crippen LogP contribution is 2.24. The second-order valence-corrected chi connectivity index (χ2v) is 4.54. The first kappa shape index (κ1) is 10.1. The van der Waals surface area contributed by atoms with Crippen molar-refractivity contribution in [3.05, 3.63) is 34.5 Å². The van der Waals surface area contributed by atoms with Gasteiger partial charge in [0.05, 0.1) is 6.26 Å².